The number of halogens is 2. The van der Waals surface area contributed by atoms with E-state index in [4.69, 9.17) is 32.7 Å². The molecule has 2 rings (SSSR count). The van der Waals surface area contributed by atoms with Crippen LogP contribution in [0.4, 0.5) is 4.79 Å². The van der Waals surface area contributed by atoms with Crippen molar-refractivity contribution in [2.45, 2.75) is 0 Å². The van der Waals surface area contributed by atoms with Crippen molar-refractivity contribution in [3.8, 4) is 5.75 Å². The fourth-order valence-electron chi connectivity index (χ4n) is 1.75. The highest BCUT2D eigenvalue weighted by molar-refractivity contribution is 6.35. The van der Waals surface area contributed by atoms with Crippen molar-refractivity contribution in [3.05, 3.63) is 28.2 Å². The third-order valence-electron chi connectivity index (χ3n) is 2.80. The molecule has 21 heavy (non-hydrogen) atoms. The fourth-order valence-corrected chi connectivity index (χ4v) is 2.21. The van der Waals surface area contributed by atoms with Crippen LogP contribution in [0.2, 0.25) is 10.0 Å². The largest absolute Gasteiger partial charge is 0.482 e. The van der Waals surface area contributed by atoms with Crippen molar-refractivity contribution < 1.29 is 19.1 Å². The average Bonchev–Trinajstić information content (AvgIpc) is 2.83. The molecule has 114 valence electrons. The Kier molecular flexibility index (Phi) is 5.52. The van der Waals surface area contributed by atoms with Gasteiger partial charge in [0.15, 0.2) is 6.61 Å². The van der Waals surface area contributed by atoms with E-state index >= 15 is 0 Å². The predicted molar refractivity (Wildman–Crippen MR) is 77.9 cm³/mol. The lowest BCUT2D eigenvalue weighted by molar-refractivity contribution is -0.123. The van der Waals surface area contributed by atoms with Crippen LogP contribution in [0.1, 0.15) is 0 Å². The van der Waals surface area contributed by atoms with Crippen LogP contribution in [0, 0.1) is 0 Å². The van der Waals surface area contributed by atoms with E-state index in [0.717, 1.165) is 0 Å². The third-order valence-corrected chi connectivity index (χ3v) is 3.33. The molecule has 0 bridgehead atoms. The second-order valence-corrected chi connectivity index (χ2v) is 5.16. The van der Waals surface area contributed by atoms with E-state index in [1.165, 1.54) is 11.0 Å². The molecule has 0 saturated carbocycles. The van der Waals surface area contributed by atoms with Gasteiger partial charge in [0.05, 0.1) is 11.6 Å². The summed E-state index contributed by atoms with van der Waals surface area (Å²) in [6.07, 6.45) is -0.353. The molecule has 1 saturated heterocycles. The molecule has 1 aromatic rings. The summed E-state index contributed by atoms with van der Waals surface area (Å²) in [4.78, 5) is 24.3. The Bertz CT molecular complexity index is 539. The molecule has 1 heterocycles. The minimum atomic E-state index is -0.353. The smallest absolute Gasteiger partial charge is 0.409 e. The van der Waals surface area contributed by atoms with E-state index in [1.807, 2.05) is 0 Å². The zero-order chi connectivity index (χ0) is 15.2. The number of rotatable bonds is 6. The van der Waals surface area contributed by atoms with E-state index in [9.17, 15) is 9.59 Å². The van der Waals surface area contributed by atoms with E-state index in [2.05, 4.69) is 5.32 Å². The number of nitrogens with zero attached hydrogens (tertiary/aromatic N) is 1. The molecule has 2 amide bonds. The van der Waals surface area contributed by atoms with Crippen molar-refractivity contribution in [3.63, 3.8) is 0 Å². The second-order valence-electron chi connectivity index (χ2n) is 4.31. The van der Waals surface area contributed by atoms with Gasteiger partial charge in [0.2, 0.25) is 0 Å². The summed E-state index contributed by atoms with van der Waals surface area (Å²) in [5.41, 5.74) is 0. The molecular formula is C13H14Cl2N2O4. The number of hydrogen-bond donors (Lipinski definition) is 1. The second kappa shape index (κ2) is 7.38. The molecule has 0 atom stereocenters. The molecule has 6 nitrogen and oxygen atoms in total. The molecule has 8 heteroatoms. The SMILES string of the molecule is O=C(COc1ccc(Cl)cc1Cl)NCCN1CCOC1=O. The Hall–Kier alpha value is -1.66. The summed E-state index contributed by atoms with van der Waals surface area (Å²) in [7, 11) is 0. The number of benzene rings is 1. The highest BCUT2D eigenvalue weighted by atomic mass is 35.5. The van der Waals surface area contributed by atoms with Crippen molar-refractivity contribution in [1.29, 1.82) is 0 Å². The lowest BCUT2D eigenvalue weighted by Crippen LogP contribution is -2.37. The van der Waals surface area contributed by atoms with Crippen LogP contribution in [0.25, 0.3) is 0 Å². The van der Waals surface area contributed by atoms with Crippen LogP contribution in [0.5, 0.6) is 5.75 Å². The number of cyclic esters (lactones) is 1. The van der Waals surface area contributed by atoms with Gasteiger partial charge in [-0.1, -0.05) is 23.2 Å². The van der Waals surface area contributed by atoms with Crippen LogP contribution < -0.4 is 10.1 Å². The molecule has 0 unspecified atom stereocenters. The van der Waals surface area contributed by atoms with Crippen molar-refractivity contribution >= 4 is 35.2 Å². The molecule has 1 aliphatic heterocycles. The van der Waals surface area contributed by atoms with Crippen molar-refractivity contribution in [2.75, 3.05) is 32.8 Å². The maximum atomic E-state index is 11.6. The monoisotopic (exact) mass is 332 g/mol. The lowest BCUT2D eigenvalue weighted by Gasteiger charge is -2.13. The van der Waals surface area contributed by atoms with Gasteiger partial charge >= 0.3 is 6.09 Å². The van der Waals surface area contributed by atoms with Gasteiger partial charge < -0.3 is 19.7 Å². The van der Waals surface area contributed by atoms with Gasteiger partial charge in [-0.25, -0.2) is 4.79 Å². The molecule has 1 aromatic carbocycles. The standard InChI is InChI=1S/C13H14Cl2N2O4/c14-9-1-2-11(10(15)7-9)21-8-12(18)16-3-4-17-5-6-20-13(17)19/h1-2,7H,3-6,8H2,(H,16,18). The molecular weight excluding hydrogens is 319 g/mol. The Balaban J connectivity index is 1.68. The summed E-state index contributed by atoms with van der Waals surface area (Å²) in [6.45, 7) is 1.53. The normalized spacial score (nSPS) is 14.0. The average molecular weight is 333 g/mol. The van der Waals surface area contributed by atoms with E-state index in [-0.39, 0.29) is 18.6 Å². The van der Waals surface area contributed by atoms with Crippen LogP contribution >= 0.6 is 23.2 Å². The van der Waals surface area contributed by atoms with Gasteiger partial charge in [-0.2, -0.15) is 0 Å². The summed E-state index contributed by atoms with van der Waals surface area (Å²) in [6, 6.07) is 4.76. The fraction of sp³-hybridized carbons (Fsp3) is 0.385. The maximum Gasteiger partial charge on any atom is 0.409 e. The minimum absolute atomic E-state index is 0.161. The topological polar surface area (TPSA) is 67.9 Å². The van der Waals surface area contributed by atoms with Gasteiger partial charge in [0, 0.05) is 18.1 Å². The highest BCUT2D eigenvalue weighted by Gasteiger charge is 2.21. The molecule has 1 aliphatic rings. The van der Waals surface area contributed by atoms with E-state index in [1.54, 1.807) is 12.1 Å². The third kappa shape index (κ3) is 4.68. The molecule has 1 fully saturated rings. The predicted octanol–water partition coefficient (Wildman–Crippen LogP) is 1.94. The highest BCUT2D eigenvalue weighted by Crippen LogP contribution is 2.27. The number of carbonyl (C=O) groups excluding carboxylic acids is 2. The number of hydrogen-bond acceptors (Lipinski definition) is 4. The molecule has 0 aromatic heterocycles. The Morgan fingerprint density at radius 3 is 2.90 bits per heavy atom. The van der Waals surface area contributed by atoms with Gasteiger partial charge in [-0.05, 0) is 18.2 Å². The summed E-state index contributed by atoms with van der Waals surface area (Å²) in [5, 5.41) is 3.49. The van der Waals surface area contributed by atoms with Crippen molar-refractivity contribution in [2.24, 2.45) is 0 Å². The van der Waals surface area contributed by atoms with Gasteiger partial charge in [0.1, 0.15) is 12.4 Å². The lowest BCUT2D eigenvalue weighted by atomic mass is 10.3. The summed E-state index contributed by atoms with van der Waals surface area (Å²) in [5.74, 6) is 0.0907. The van der Waals surface area contributed by atoms with Gasteiger partial charge in [-0.3, -0.25) is 4.79 Å². The molecule has 1 N–H and O–H groups in total. The Morgan fingerprint density at radius 2 is 2.24 bits per heavy atom. The van der Waals surface area contributed by atoms with Crippen LogP contribution in [-0.2, 0) is 9.53 Å². The van der Waals surface area contributed by atoms with Crippen LogP contribution in [0.15, 0.2) is 18.2 Å². The number of ether oxygens (including phenoxy) is 2. The zero-order valence-electron chi connectivity index (χ0n) is 11.1. The van der Waals surface area contributed by atoms with E-state index in [0.29, 0.717) is 42.0 Å². The Morgan fingerprint density at radius 1 is 1.43 bits per heavy atom. The first-order valence-corrected chi connectivity index (χ1v) is 7.08. The molecule has 0 spiro atoms. The quantitative estimate of drug-likeness (QED) is 0.864. The first-order chi connectivity index (χ1) is 10.1. The van der Waals surface area contributed by atoms with Gasteiger partial charge in [0.25, 0.3) is 5.91 Å². The number of carbonyl (C=O) groups is 2. The maximum absolute atomic E-state index is 11.6. The van der Waals surface area contributed by atoms with Crippen LogP contribution in [0.3, 0.4) is 0 Å². The van der Waals surface area contributed by atoms with Crippen LogP contribution in [-0.4, -0.2) is 49.7 Å². The first kappa shape index (κ1) is 15.7. The minimum Gasteiger partial charge on any atom is -0.482 e. The summed E-state index contributed by atoms with van der Waals surface area (Å²) < 4.78 is 10.1. The van der Waals surface area contributed by atoms with Crippen molar-refractivity contribution in [1.82, 2.24) is 10.2 Å². The first-order valence-electron chi connectivity index (χ1n) is 6.32. The molecule has 0 radical (unpaired) electrons. The van der Waals surface area contributed by atoms with Gasteiger partial charge in [-0.15, -0.1) is 0 Å². The van der Waals surface area contributed by atoms with E-state index < -0.39 is 0 Å². The zero-order valence-corrected chi connectivity index (χ0v) is 12.6. The number of amides is 2. The summed E-state index contributed by atoms with van der Waals surface area (Å²) >= 11 is 11.7. The molecule has 0 aliphatic carbocycles. The Labute approximate surface area is 131 Å². The number of nitrogens with one attached hydrogen (secondary N) is 1.